The van der Waals surface area contributed by atoms with Crippen LogP contribution < -0.4 is 0 Å². The number of rotatable bonds is 3. The number of hydrogen-bond donors (Lipinski definition) is 2. The number of carbonyl (C=O) groups excluding carboxylic acids is 1. The lowest BCUT2D eigenvalue weighted by molar-refractivity contribution is 0.103. The number of aromatic hydroxyl groups is 1. The summed E-state index contributed by atoms with van der Waals surface area (Å²) >= 11 is 0. The van der Waals surface area contributed by atoms with Crippen molar-refractivity contribution in [1.29, 1.82) is 0 Å². The zero-order chi connectivity index (χ0) is 15.6. The first kappa shape index (κ1) is 15.3. The summed E-state index contributed by atoms with van der Waals surface area (Å²) in [5.74, 6) is -0.248. The first-order chi connectivity index (χ1) is 9.84. The molecule has 0 aliphatic carbocycles. The minimum atomic E-state index is -0.318. The van der Waals surface area contributed by atoms with Gasteiger partial charge in [-0.15, -0.1) is 0 Å². The second-order valence-electron chi connectivity index (χ2n) is 6.14. The Kier molecular flexibility index (Phi) is 4.14. The average Bonchev–Trinajstić information content (AvgIpc) is 2.46. The largest absolute Gasteiger partial charge is 0.507 e. The SMILES string of the molecule is CC(C)(C)c1cc(CO)cc(C(=O)c2ccccc2)c1O. The number of ketones is 1. The van der Waals surface area contributed by atoms with E-state index in [1.54, 1.807) is 36.4 Å². The van der Waals surface area contributed by atoms with Gasteiger partial charge in [0, 0.05) is 11.1 Å². The lowest BCUT2D eigenvalue weighted by Gasteiger charge is -2.23. The Morgan fingerprint density at radius 3 is 2.24 bits per heavy atom. The summed E-state index contributed by atoms with van der Waals surface area (Å²) in [5, 5.41) is 19.9. The van der Waals surface area contributed by atoms with E-state index < -0.39 is 0 Å². The maximum atomic E-state index is 12.6. The smallest absolute Gasteiger partial charge is 0.196 e. The van der Waals surface area contributed by atoms with Gasteiger partial charge in [-0.25, -0.2) is 0 Å². The van der Waals surface area contributed by atoms with Crippen LogP contribution in [0, 0.1) is 0 Å². The maximum Gasteiger partial charge on any atom is 0.196 e. The molecule has 0 fully saturated rings. The van der Waals surface area contributed by atoms with Crippen LogP contribution >= 0.6 is 0 Å². The van der Waals surface area contributed by atoms with Gasteiger partial charge in [0.05, 0.1) is 12.2 Å². The van der Waals surface area contributed by atoms with E-state index in [4.69, 9.17) is 0 Å². The van der Waals surface area contributed by atoms with E-state index in [9.17, 15) is 15.0 Å². The molecule has 0 saturated carbocycles. The number of aliphatic hydroxyl groups excluding tert-OH is 1. The van der Waals surface area contributed by atoms with Crippen molar-refractivity contribution in [3.8, 4) is 5.75 Å². The summed E-state index contributed by atoms with van der Waals surface area (Å²) in [4.78, 5) is 12.6. The molecule has 21 heavy (non-hydrogen) atoms. The van der Waals surface area contributed by atoms with Crippen LogP contribution in [0.1, 0.15) is 47.8 Å². The first-order valence-corrected chi connectivity index (χ1v) is 6.91. The van der Waals surface area contributed by atoms with Crippen molar-refractivity contribution < 1.29 is 15.0 Å². The predicted molar refractivity (Wildman–Crippen MR) is 82.6 cm³/mol. The Bertz CT molecular complexity index is 652. The fourth-order valence-corrected chi connectivity index (χ4v) is 2.28. The molecule has 0 aromatic heterocycles. The third-order valence-electron chi connectivity index (χ3n) is 3.44. The van der Waals surface area contributed by atoms with E-state index >= 15 is 0 Å². The Morgan fingerprint density at radius 1 is 1.10 bits per heavy atom. The summed E-state index contributed by atoms with van der Waals surface area (Å²) in [7, 11) is 0. The average molecular weight is 284 g/mol. The molecule has 2 rings (SSSR count). The topological polar surface area (TPSA) is 57.5 Å². The quantitative estimate of drug-likeness (QED) is 0.849. The van der Waals surface area contributed by atoms with E-state index in [1.807, 2.05) is 26.8 Å². The molecule has 0 bridgehead atoms. The lowest BCUT2D eigenvalue weighted by atomic mass is 9.83. The van der Waals surface area contributed by atoms with Gasteiger partial charge in [-0.05, 0) is 23.1 Å². The van der Waals surface area contributed by atoms with Gasteiger partial charge < -0.3 is 10.2 Å². The van der Waals surface area contributed by atoms with Gasteiger partial charge in [0.2, 0.25) is 0 Å². The molecule has 2 N–H and O–H groups in total. The Hall–Kier alpha value is -2.13. The molecule has 0 aliphatic heterocycles. The van der Waals surface area contributed by atoms with Gasteiger partial charge >= 0.3 is 0 Å². The summed E-state index contributed by atoms with van der Waals surface area (Å²) in [6, 6.07) is 12.1. The summed E-state index contributed by atoms with van der Waals surface area (Å²) in [6.45, 7) is 5.71. The maximum absolute atomic E-state index is 12.6. The number of carbonyl (C=O) groups is 1. The van der Waals surface area contributed by atoms with Crippen molar-refractivity contribution in [3.63, 3.8) is 0 Å². The zero-order valence-electron chi connectivity index (χ0n) is 12.6. The van der Waals surface area contributed by atoms with Crippen LogP contribution in [0.25, 0.3) is 0 Å². The standard InChI is InChI=1S/C18H20O3/c1-18(2,3)15-10-12(11-19)9-14(17(15)21)16(20)13-7-5-4-6-8-13/h4-10,19,21H,11H2,1-3H3. The van der Waals surface area contributed by atoms with Gasteiger partial charge in [0.1, 0.15) is 5.75 Å². The van der Waals surface area contributed by atoms with Crippen molar-refractivity contribution >= 4 is 5.78 Å². The summed E-state index contributed by atoms with van der Waals surface area (Å²) in [5.41, 5.74) is 1.71. The molecule has 3 nitrogen and oxygen atoms in total. The van der Waals surface area contributed by atoms with Crippen LogP contribution in [0.4, 0.5) is 0 Å². The summed E-state index contributed by atoms with van der Waals surface area (Å²) < 4.78 is 0. The van der Waals surface area contributed by atoms with Crippen LogP contribution in [0.5, 0.6) is 5.75 Å². The van der Waals surface area contributed by atoms with Crippen molar-refractivity contribution in [2.24, 2.45) is 0 Å². The number of phenolic OH excluding ortho intramolecular Hbond substituents is 1. The van der Waals surface area contributed by atoms with Crippen LogP contribution in [0.3, 0.4) is 0 Å². The molecule has 0 saturated heterocycles. The third kappa shape index (κ3) is 3.14. The highest BCUT2D eigenvalue weighted by molar-refractivity contribution is 6.11. The molecule has 0 atom stereocenters. The minimum Gasteiger partial charge on any atom is -0.507 e. The third-order valence-corrected chi connectivity index (χ3v) is 3.44. The highest BCUT2D eigenvalue weighted by atomic mass is 16.3. The fraction of sp³-hybridized carbons (Fsp3) is 0.278. The molecule has 3 heteroatoms. The second kappa shape index (κ2) is 5.70. The minimum absolute atomic E-state index is 0.00597. The molecule has 2 aromatic carbocycles. The van der Waals surface area contributed by atoms with Crippen LogP contribution in [0.15, 0.2) is 42.5 Å². The Balaban J connectivity index is 2.61. The molecular weight excluding hydrogens is 264 g/mol. The van der Waals surface area contributed by atoms with Gasteiger partial charge in [-0.2, -0.15) is 0 Å². The number of aliphatic hydroxyl groups is 1. The fourth-order valence-electron chi connectivity index (χ4n) is 2.28. The first-order valence-electron chi connectivity index (χ1n) is 6.91. The highest BCUT2D eigenvalue weighted by Gasteiger charge is 2.24. The molecule has 110 valence electrons. The summed E-state index contributed by atoms with van der Waals surface area (Å²) in [6.07, 6.45) is 0. The van der Waals surface area contributed by atoms with Crippen molar-refractivity contribution in [3.05, 3.63) is 64.7 Å². The molecule has 0 radical (unpaired) electrons. The zero-order valence-corrected chi connectivity index (χ0v) is 12.6. The van der Waals surface area contributed by atoms with E-state index in [1.165, 1.54) is 0 Å². The molecule has 0 amide bonds. The molecule has 0 aliphatic rings. The number of hydrogen-bond acceptors (Lipinski definition) is 3. The van der Waals surface area contributed by atoms with Gasteiger partial charge in [0.15, 0.2) is 5.78 Å². The van der Waals surface area contributed by atoms with Crippen molar-refractivity contribution in [1.82, 2.24) is 0 Å². The van der Waals surface area contributed by atoms with Gasteiger partial charge in [-0.1, -0.05) is 51.1 Å². The molecular formula is C18H20O3. The molecule has 0 heterocycles. The number of phenols is 1. The van der Waals surface area contributed by atoms with E-state index in [-0.39, 0.29) is 29.1 Å². The van der Waals surface area contributed by atoms with Crippen LogP contribution in [-0.2, 0) is 12.0 Å². The van der Waals surface area contributed by atoms with E-state index in [0.29, 0.717) is 16.7 Å². The lowest BCUT2D eigenvalue weighted by Crippen LogP contribution is -2.14. The van der Waals surface area contributed by atoms with Gasteiger partial charge in [0.25, 0.3) is 0 Å². The molecule has 0 spiro atoms. The predicted octanol–water partition coefficient (Wildman–Crippen LogP) is 3.41. The normalized spacial score (nSPS) is 11.4. The van der Waals surface area contributed by atoms with Crippen molar-refractivity contribution in [2.75, 3.05) is 0 Å². The molecule has 0 unspecified atom stereocenters. The Labute approximate surface area is 124 Å². The highest BCUT2D eigenvalue weighted by Crippen LogP contribution is 2.35. The second-order valence-corrected chi connectivity index (χ2v) is 6.14. The monoisotopic (exact) mass is 284 g/mol. The van der Waals surface area contributed by atoms with Gasteiger partial charge in [-0.3, -0.25) is 4.79 Å². The number of benzene rings is 2. The molecule has 2 aromatic rings. The Morgan fingerprint density at radius 2 is 1.71 bits per heavy atom. The van der Waals surface area contributed by atoms with Crippen LogP contribution in [0.2, 0.25) is 0 Å². The van der Waals surface area contributed by atoms with E-state index in [0.717, 1.165) is 0 Å². The van der Waals surface area contributed by atoms with E-state index in [2.05, 4.69) is 0 Å². The van der Waals surface area contributed by atoms with Crippen molar-refractivity contribution in [2.45, 2.75) is 32.8 Å². The van der Waals surface area contributed by atoms with Crippen LogP contribution in [-0.4, -0.2) is 16.0 Å².